The van der Waals surface area contributed by atoms with Crippen molar-refractivity contribution in [3.8, 4) is 5.82 Å². The molecule has 0 aromatic carbocycles. The normalized spacial score (nSPS) is 21.9. The lowest BCUT2D eigenvalue weighted by Crippen LogP contribution is -2.52. The van der Waals surface area contributed by atoms with E-state index in [1.165, 1.54) is 12.4 Å². The Morgan fingerprint density at radius 1 is 1.23 bits per heavy atom. The van der Waals surface area contributed by atoms with E-state index in [1.807, 2.05) is 18.2 Å². The number of nitrogens with one attached hydrogen (secondary N) is 2. The lowest BCUT2D eigenvalue weighted by molar-refractivity contribution is -0.127. The van der Waals surface area contributed by atoms with Crippen molar-refractivity contribution >= 4 is 18.3 Å². The van der Waals surface area contributed by atoms with Crippen molar-refractivity contribution < 1.29 is 4.79 Å². The Balaban J connectivity index is 0.00000218. The van der Waals surface area contributed by atoms with Crippen LogP contribution >= 0.6 is 12.4 Å². The zero-order chi connectivity index (χ0) is 19.8. The van der Waals surface area contributed by atoms with Gasteiger partial charge in [-0.1, -0.05) is 12.1 Å². The van der Waals surface area contributed by atoms with E-state index in [0.29, 0.717) is 12.4 Å². The van der Waals surface area contributed by atoms with Crippen molar-refractivity contribution in [3.63, 3.8) is 0 Å². The highest BCUT2D eigenvalue weighted by molar-refractivity contribution is 5.85. The van der Waals surface area contributed by atoms with Gasteiger partial charge in [0.1, 0.15) is 18.7 Å². The predicted octanol–water partition coefficient (Wildman–Crippen LogP) is 0.810. The fourth-order valence-corrected chi connectivity index (χ4v) is 4.51. The highest BCUT2D eigenvalue weighted by Gasteiger charge is 2.41. The first-order chi connectivity index (χ1) is 14.2. The van der Waals surface area contributed by atoms with E-state index < -0.39 is 6.04 Å². The summed E-state index contributed by atoms with van der Waals surface area (Å²) in [6.07, 6.45) is 5.59. The number of amides is 1. The highest BCUT2D eigenvalue weighted by Crippen LogP contribution is 2.38. The Morgan fingerprint density at radius 2 is 2.13 bits per heavy atom. The van der Waals surface area contributed by atoms with Gasteiger partial charge in [-0.2, -0.15) is 5.10 Å². The first-order valence-corrected chi connectivity index (χ1v) is 9.71. The molecule has 10 heteroatoms. The van der Waals surface area contributed by atoms with Crippen molar-refractivity contribution in [2.24, 2.45) is 5.92 Å². The Labute approximate surface area is 179 Å². The van der Waals surface area contributed by atoms with E-state index in [4.69, 9.17) is 0 Å². The maximum absolute atomic E-state index is 13.2. The maximum Gasteiger partial charge on any atom is 0.251 e. The summed E-state index contributed by atoms with van der Waals surface area (Å²) in [5.74, 6) is 0.819. The molecule has 0 unspecified atom stereocenters. The second-order valence-corrected chi connectivity index (χ2v) is 7.50. The average molecular weight is 428 g/mol. The Kier molecular flexibility index (Phi) is 5.65. The molecule has 9 nitrogen and oxygen atoms in total. The van der Waals surface area contributed by atoms with Crippen LogP contribution in [0.1, 0.15) is 29.6 Å². The predicted molar refractivity (Wildman–Crippen MR) is 112 cm³/mol. The third-order valence-electron chi connectivity index (χ3n) is 5.77. The minimum Gasteiger partial charge on any atom is -0.350 e. The number of rotatable bonds is 4. The third-order valence-corrected chi connectivity index (χ3v) is 5.77. The number of pyridine rings is 2. The van der Waals surface area contributed by atoms with Gasteiger partial charge in [-0.25, -0.2) is 14.6 Å². The van der Waals surface area contributed by atoms with Crippen LogP contribution < -0.4 is 16.2 Å². The van der Waals surface area contributed by atoms with Gasteiger partial charge in [-0.15, -0.1) is 12.4 Å². The second kappa shape index (κ2) is 8.37. The van der Waals surface area contributed by atoms with Crippen LogP contribution in [-0.2, 0) is 11.3 Å². The average Bonchev–Trinajstić information content (AvgIpc) is 3.28. The minimum absolute atomic E-state index is 0. The van der Waals surface area contributed by atoms with Crippen LogP contribution in [0.25, 0.3) is 5.82 Å². The largest absolute Gasteiger partial charge is 0.350 e. The summed E-state index contributed by atoms with van der Waals surface area (Å²) in [5.41, 5.74) is 1.64. The number of hydrogen-bond donors (Lipinski definition) is 2. The molecule has 3 atom stereocenters. The lowest BCUT2D eigenvalue weighted by atomic mass is 9.79. The number of halogens is 1. The van der Waals surface area contributed by atoms with Gasteiger partial charge in [0.25, 0.3) is 5.56 Å². The summed E-state index contributed by atoms with van der Waals surface area (Å²) < 4.78 is 3.26. The molecule has 5 rings (SSSR count). The molecule has 0 saturated carbocycles. The van der Waals surface area contributed by atoms with E-state index in [-0.39, 0.29) is 35.7 Å². The van der Waals surface area contributed by atoms with E-state index in [1.54, 1.807) is 27.8 Å². The third kappa shape index (κ3) is 3.50. The van der Waals surface area contributed by atoms with E-state index in [9.17, 15) is 9.59 Å². The Morgan fingerprint density at radius 3 is 2.97 bits per heavy atom. The fraction of sp³-hybridized carbons (Fsp3) is 0.350. The quantitative estimate of drug-likeness (QED) is 0.638. The van der Waals surface area contributed by atoms with Crippen LogP contribution in [0.15, 0.2) is 54.0 Å². The zero-order valence-electron chi connectivity index (χ0n) is 16.1. The Bertz CT molecular complexity index is 1100. The van der Waals surface area contributed by atoms with Crippen molar-refractivity contribution in [3.05, 3.63) is 70.8 Å². The van der Waals surface area contributed by atoms with Gasteiger partial charge in [0, 0.05) is 55.0 Å². The van der Waals surface area contributed by atoms with Crippen molar-refractivity contribution in [2.45, 2.75) is 24.9 Å². The maximum atomic E-state index is 13.2. The van der Waals surface area contributed by atoms with Crippen LogP contribution in [0.3, 0.4) is 0 Å². The van der Waals surface area contributed by atoms with Gasteiger partial charge in [-0.05, 0) is 18.6 Å². The van der Waals surface area contributed by atoms with Gasteiger partial charge in [0.2, 0.25) is 5.91 Å². The molecule has 1 saturated heterocycles. The first kappa shape index (κ1) is 20.2. The lowest BCUT2D eigenvalue weighted by Gasteiger charge is -2.42. The first-order valence-electron chi connectivity index (χ1n) is 9.71. The van der Waals surface area contributed by atoms with Gasteiger partial charge >= 0.3 is 0 Å². The van der Waals surface area contributed by atoms with Crippen LogP contribution in [0.4, 0.5) is 0 Å². The molecule has 1 fully saturated rings. The molecule has 0 radical (unpaired) electrons. The van der Waals surface area contributed by atoms with Gasteiger partial charge in [-0.3, -0.25) is 14.2 Å². The van der Waals surface area contributed by atoms with Crippen molar-refractivity contribution in [2.75, 3.05) is 13.1 Å². The minimum atomic E-state index is -0.519. The second-order valence-electron chi connectivity index (χ2n) is 7.50. The number of carbonyl (C=O) groups is 1. The number of nitrogens with zero attached hydrogens (tertiary/aromatic N) is 5. The van der Waals surface area contributed by atoms with Crippen molar-refractivity contribution in [1.82, 2.24) is 34.9 Å². The van der Waals surface area contributed by atoms with Gasteiger partial charge in [0.05, 0.1) is 0 Å². The molecule has 2 aliphatic rings. The number of fused-ring (bicyclic) bond motifs is 4. The smallest absolute Gasteiger partial charge is 0.251 e. The zero-order valence-corrected chi connectivity index (χ0v) is 17.0. The van der Waals surface area contributed by atoms with Crippen LogP contribution in [-0.4, -0.2) is 43.3 Å². The molecular weight excluding hydrogens is 406 g/mol. The highest BCUT2D eigenvalue weighted by atomic mass is 35.5. The summed E-state index contributed by atoms with van der Waals surface area (Å²) in [4.78, 5) is 34.2. The summed E-state index contributed by atoms with van der Waals surface area (Å²) in [7, 11) is 0. The molecule has 156 valence electrons. The number of piperidine rings is 1. The van der Waals surface area contributed by atoms with E-state index in [2.05, 4.69) is 25.7 Å². The summed E-state index contributed by atoms with van der Waals surface area (Å²) >= 11 is 0. The summed E-state index contributed by atoms with van der Waals surface area (Å²) in [5, 5.41) is 10.5. The fourth-order valence-electron chi connectivity index (χ4n) is 4.51. The molecule has 2 N–H and O–H groups in total. The van der Waals surface area contributed by atoms with Crippen molar-refractivity contribution in [1.29, 1.82) is 0 Å². The molecule has 2 aliphatic heterocycles. The molecule has 5 heterocycles. The molecule has 1 amide bonds. The molecular formula is C20H22ClN7O2. The summed E-state index contributed by atoms with van der Waals surface area (Å²) in [6.45, 7) is 1.86. The summed E-state index contributed by atoms with van der Waals surface area (Å²) in [6, 6.07) is 8.45. The molecule has 3 aromatic heterocycles. The monoisotopic (exact) mass is 427 g/mol. The number of aromatic nitrogens is 5. The van der Waals surface area contributed by atoms with Crippen LogP contribution in [0.5, 0.6) is 0 Å². The molecule has 30 heavy (non-hydrogen) atoms. The van der Waals surface area contributed by atoms with Crippen LogP contribution in [0, 0.1) is 5.92 Å². The molecule has 2 bridgehead atoms. The van der Waals surface area contributed by atoms with Gasteiger partial charge in [0.15, 0.2) is 5.82 Å². The molecule has 3 aromatic rings. The standard InChI is InChI=1S/C20H21N7O2.ClH/c28-17-5-1-4-16-14-7-15(9-21-8-14)18(27(16)17)20(29)24-10-13-3-2-6-23-19(13)26-12-22-11-25-26;/h1-6,11-12,14-15,18,21H,7-10H2,(H,24,29);1H/t14-,15+,18-;/m1./s1. The number of hydrogen-bond acceptors (Lipinski definition) is 6. The van der Waals surface area contributed by atoms with E-state index in [0.717, 1.165) is 30.8 Å². The Hall–Kier alpha value is -3.04. The van der Waals surface area contributed by atoms with Crippen LogP contribution in [0.2, 0.25) is 0 Å². The van der Waals surface area contributed by atoms with E-state index >= 15 is 0 Å². The molecule has 0 spiro atoms. The molecule has 0 aliphatic carbocycles. The van der Waals surface area contributed by atoms with Gasteiger partial charge < -0.3 is 10.6 Å². The number of carbonyl (C=O) groups excluding carboxylic acids is 1. The SMILES string of the molecule is Cl.O=C(NCc1cccnc1-n1cncn1)[C@H]1[C@@H]2CNC[C@@H](C2)c2cccc(=O)n21. The topological polar surface area (TPSA) is 107 Å².